The maximum absolute atomic E-state index is 13.9. The van der Waals surface area contributed by atoms with Gasteiger partial charge in [-0.3, -0.25) is 9.59 Å². The lowest BCUT2D eigenvalue weighted by atomic mass is 9.92. The first kappa shape index (κ1) is 19.7. The molecule has 1 aromatic carbocycles. The SMILES string of the molecule is Cc1nc(SCC(=O)C(C)(C)C)[nH]c(=O)c1Cc1c(F)cccc1Cl. The Morgan fingerprint density at radius 2 is 2.00 bits per heavy atom. The first-order valence-electron chi connectivity index (χ1n) is 7.78. The van der Waals surface area contributed by atoms with Gasteiger partial charge in [0, 0.05) is 33.7 Å². The molecule has 7 heteroatoms. The lowest BCUT2D eigenvalue weighted by Gasteiger charge is -2.15. The van der Waals surface area contributed by atoms with Gasteiger partial charge in [-0.1, -0.05) is 50.2 Å². The molecule has 134 valence electrons. The van der Waals surface area contributed by atoms with Crippen molar-refractivity contribution in [1.82, 2.24) is 9.97 Å². The fraction of sp³-hybridized carbons (Fsp3) is 0.389. The van der Waals surface area contributed by atoms with E-state index >= 15 is 0 Å². The number of halogens is 2. The van der Waals surface area contributed by atoms with Gasteiger partial charge in [0.1, 0.15) is 11.6 Å². The predicted molar refractivity (Wildman–Crippen MR) is 99.0 cm³/mol. The van der Waals surface area contributed by atoms with E-state index in [1.54, 1.807) is 13.0 Å². The van der Waals surface area contributed by atoms with E-state index in [1.165, 1.54) is 23.9 Å². The van der Waals surface area contributed by atoms with Crippen LogP contribution in [0.3, 0.4) is 0 Å². The van der Waals surface area contributed by atoms with Gasteiger partial charge >= 0.3 is 0 Å². The number of nitrogens with zero attached hydrogens (tertiary/aromatic N) is 1. The van der Waals surface area contributed by atoms with Crippen molar-refractivity contribution in [3.05, 3.63) is 56.2 Å². The van der Waals surface area contributed by atoms with E-state index in [-0.39, 0.29) is 34.1 Å². The van der Waals surface area contributed by atoms with E-state index < -0.39 is 11.2 Å². The quantitative estimate of drug-likeness (QED) is 0.622. The minimum atomic E-state index is -0.458. The summed E-state index contributed by atoms with van der Waals surface area (Å²) in [5.74, 6) is -0.162. The second-order valence-electron chi connectivity index (χ2n) is 6.77. The lowest BCUT2D eigenvalue weighted by molar-refractivity contribution is -0.123. The van der Waals surface area contributed by atoms with Crippen LogP contribution in [0.25, 0.3) is 0 Å². The van der Waals surface area contributed by atoms with Crippen molar-refractivity contribution in [2.75, 3.05) is 5.75 Å². The molecule has 2 rings (SSSR count). The fourth-order valence-corrected chi connectivity index (χ4v) is 3.39. The molecule has 0 spiro atoms. The summed E-state index contributed by atoms with van der Waals surface area (Å²) in [6.07, 6.45) is 0.0611. The third-order valence-electron chi connectivity index (χ3n) is 3.79. The number of carbonyl (C=O) groups excluding carboxylic acids is 1. The Bertz CT molecular complexity index is 839. The molecule has 0 saturated carbocycles. The van der Waals surface area contributed by atoms with Crippen LogP contribution in [0, 0.1) is 18.2 Å². The zero-order chi connectivity index (χ0) is 18.8. The number of nitrogens with one attached hydrogen (secondary N) is 1. The van der Waals surface area contributed by atoms with Crippen LogP contribution >= 0.6 is 23.4 Å². The second kappa shape index (κ2) is 7.70. The summed E-state index contributed by atoms with van der Waals surface area (Å²) in [5.41, 5.74) is 0.330. The minimum absolute atomic E-state index is 0.0611. The van der Waals surface area contributed by atoms with Crippen molar-refractivity contribution in [2.24, 2.45) is 5.41 Å². The van der Waals surface area contributed by atoms with Gasteiger partial charge in [-0.2, -0.15) is 0 Å². The Labute approximate surface area is 155 Å². The van der Waals surface area contributed by atoms with Gasteiger partial charge in [0.05, 0.1) is 5.75 Å². The highest BCUT2D eigenvalue weighted by Gasteiger charge is 2.21. The Hall–Kier alpha value is -1.66. The summed E-state index contributed by atoms with van der Waals surface area (Å²) in [7, 11) is 0. The second-order valence-corrected chi connectivity index (χ2v) is 8.15. The Balaban J connectivity index is 2.23. The first-order valence-corrected chi connectivity index (χ1v) is 9.14. The molecule has 1 heterocycles. The average molecular weight is 383 g/mol. The number of benzene rings is 1. The number of H-pyrrole nitrogens is 1. The van der Waals surface area contributed by atoms with E-state index in [0.717, 1.165) is 0 Å². The van der Waals surface area contributed by atoms with Gasteiger partial charge in [0.25, 0.3) is 5.56 Å². The molecule has 0 bridgehead atoms. The molecule has 0 aliphatic heterocycles. The largest absolute Gasteiger partial charge is 0.301 e. The Kier molecular flexibility index (Phi) is 6.06. The van der Waals surface area contributed by atoms with E-state index in [0.29, 0.717) is 16.4 Å². The number of aromatic nitrogens is 2. The van der Waals surface area contributed by atoms with Crippen molar-refractivity contribution in [1.29, 1.82) is 0 Å². The molecule has 1 N–H and O–H groups in total. The van der Waals surface area contributed by atoms with Crippen LogP contribution in [0.2, 0.25) is 5.02 Å². The molecule has 0 atom stereocenters. The first-order chi connectivity index (χ1) is 11.6. The number of aryl methyl sites for hydroxylation is 1. The zero-order valence-corrected chi connectivity index (χ0v) is 16.1. The molecule has 1 aromatic heterocycles. The van der Waals surface area contributed by atoms with Crippen LogP contribution in [0.4, 0.5) is 4.39 Å². The van der Waals surface area contributed by atoms with Gasteiger partial charge in [0.2, 0.25) is 0 Å². The molecule has 25 heavy (non-hydrogen) atoms. The number of ketones is 1. The van der Waals surface area contributed by atoms with Crippen molar-refractivity contribution in [3.63, 3.8) is 0 Å². The summed E-state index contributed by atoms with van der Waals surface area (Å²) in [6.45, 7) is 7.23. The molecule has 2 aromatic rings. The molecule has 0 unspecified atom stereocenters. The fourth-order valence-electron chi connectivity index (χ4n) is 2.09. The van der Waals surface area contributed by atoms with Crippen LogP contribution in [0.15, 0.2) is 28.2 Å². The van der Waals surface area contributed by atoms with Crippen molar-refractivity contribution in [2.45, 2.75) is 39.3 Å². The van der Waals surface area contributed by atoms with Crippen LogP contribution in [-0.4, -0.2) is 21.5 Å². The third-order valence-corrected chi connectivity index (χ3v) is 5.02. The van der Waals surface area contributed by atoms with E-state index in [2.05, 4.69) is 9.97 Å². The number of hydrogen-bond donors (Lipinski definition) is 1. The van der Waals surface area contributed by atoms with E-state index in [4.69, 9.17) is 11.6 Å². The van der Waals surface area contributed by atoms with Gasteiger partial charge in [-0.15, -0.1) is 0 Å². The summed E-state index contributed by atoms with van der Waals surface area (Å²) < 4.78 is 13.9. The zero-order valence-electron chi connectivity index (χ0n) is 14.6. The molecular weight excluding hydrogens is 363 g/mol. The molecule has 0 radical (unpaired) electrons. The molecule has 0 fully saturated rings. The molecule has 4 nitrogen and oxygen atoms in total. The number of thioether (sulfide) groups is 1. The average Bonchev–Trinajstić information content (AvgIpc) is 2.50. The smallest absolute Gasteiger partial charge is 0.255 e. The number of hydrogen-bond acceptors (Lipinski definition) is 4. The standard InChI is InChI=1S/C18H20ClFN2O2S/c1-10-11(8-12-13(19)6-5-7-14(12)20)16(24)22-17(21-10)25-9-15(23)18(2,3)4/h5-7H,8-9H2,1-4H3,(H,21,22,24). The Morgan fingerprint density at radius 1 is 1.32 bits per heavy atom. The Morgan fingerprint density at radius 3 is 2.56 bits per heavy atom. The van der Waals surface area contributed by atoms with Crippen LogP contribution < -0.4 is 5.56 Å². The van der Waals surface area contributed by atoms with Gasteiger partial charge in [-0.05, 0) is 19.1 Å². The molecule has 0 aliphatic rings. The maximum Gasteiger partial charge on any atom is 0.255 e. The normalized spacial score (nSPS) is 11.6. The number of rotatable bonds is 5. The maximum atomic E-state index is 13.9. The topological polar surface area (TPSA) is 62.8 Å². The highest BCUT2D eigenvalue weighted by Crippen LogP contribution is 2.24. The summed E-state index contributed by atoms with van der Waals surface area (Å²) >= 11 is 7.22. The minimum Gasteiger partial charge on any atom is -0.301 e. The van der Waals surface area contributed by atoms with Crippen molar-refractivity contribution < 1.29 is 9.18 Å². The highest BCUT2D eigenvalue weighted by atomic mass is 35.5. The molecule has 0 saturated heterocycles. The van der Waals surface area contributed by atoms with Gasteiger partial charge in [0.15, 0.2) is 5.16 Å². The van der Waals surface area contributed by atoms with Crippen LogP contribution in [0.5, 0.6) is 0 Å². The van der Waals surface area contributed by atoms with E-state index in [1.807, 2.05) is 20.8 Å². The number of Topliss-reactive ketones (excluding diaryl/α,β-unsaturated/α-hetero) is 1. The van der Waals surface area contributed by atoms with Crippen LogP contribution in [0.1, 0.15) is 37.6 Å². The summed E-state index contributed by atoms with van der Waals surface area (Å²) in [4.78, 5) is 31.4. The highest BCUT2D eigenvalue weighted by molar-refractivity contribution is 7.99. The number of aromatic amines is 1. The van der Waals surface area contributed by atoms with Crippen molar-refractivity contribution >= 4 is 29.1 Å². The van der Waals surface area contributed by atoms with Crippen LogP contribution in [-0.2, 0) is 11.2 Å². The molecular formula is C18H20ClFN2O2S. The molecule has 0 aliphatic carbocycles. The predicted octanol–water partition coefficient (Wildman–Crippen LogP) is 4.17. The monoisotopic (exact) mass is 382 g/mol. The summed E-state index contributed by atoms with van der Waals surface area (Å²) in [5, 5.41) is 0.650. The van der Waals surface area contributed by atoms with E-state index in [9.17, 15) is 14.0 Å². The van der Waals surface area contributed by atoms with Crippen molar-refractivity contribution in [3.8, 4) is 0 Å². The summed E-state index contributed by atoms with van der Waals surface area (Å²) in [6, 6.07) is 4.40. The van der Waals surface area contributed by atoms with Gasteiger partial charge < -0.3 is 4.98 Å². The van der Waals surface area contributed by atoms with Gasteiger partial charge in [-0.25, -0.2) is 9.37 Å². The molecule has 0 amide bonds. The lowest BCUT2D eigenvalue weighted by Crippen LogP contribution is -2.23. The number of carbonyl (C=O) groups is 1. The third kappa shape index (κ3) is 4.92.